The summed E-state index contributed by atoms with van der Waals surface area (Å²) >= 11 is 0. The lowest BCUT2D eigenvalue weighted by Gasteiger charge is -2.46. The second kappa shape index (κ2) is 5.17. The van der Waals surface area contributed by atoms with E-state index in [1.54, 1.807) is 11.1 Å². The van der Waals surface area contributed by atoms with Gasteiger partial charge in [-0.25, -0.2) is 0 Å². The van der Waals surface area contributed by atoms with Crippen LogP contribution >= 0.6 is 0 Å². The van der Waals surface area contributed by atoms with Crippen molar-refractivity contribution in [2.75, 3.05) is 13.2 Å². The Bertz CT molecular complexity index is 580. The Kier molecular flexibility index (Phi) is 3.35. The van der Waals surface area contributed by atoms with E-state index in [4.69, 9.17) is 9.47 Å². The molecule has 0 aromatic carbocycles. The molecular formula is C21H30O3. The maximum absolute atomic E-state index is 12.1. The summed E-state index contributed by atoms with van der Waals surface area (Å²) in [7, 11) is 0. The van der Waals surface area contributed by atoms with Gasteiger partial charge >= 0.3 is 0 Å². The zero-order valence-electron chi connectivity index (χ0n) is 15.1. The van der Waals surface area contributed by atoms with Gasteiger partial charge in [0.25, 0.3) is 0 Å². The number of ether oxygens (including phenoxy) is 2. The molecule has 1 saturated heterocycles. The van der Waals surface area contributed by atoms with E-state index in [9.17, 15) is 4.79 Å². The molecule has 1 spiro atoms. The summed E-state index contributed by atoms with van der Waals surface area (Å²) in [4.78, 5) is 12.1. The van der Waals surface area contributed by atoms with Crippen LogP contribution in [0.2, 0.25) is 0 Å². The van der Waals surface area contributed by atoms with Crippen molar-refractivity contribution in [2.45, 2.75) is 71.0 Å². The van der Waals surface area contributed by atoms with Crippen LogP contribution in [0.3, 0.4) is 0 Å². The summed E-state index contributed by atoms with van der Waals surface area (Å²) < 4.78 is 12.4. The van der Waals surface area contributed by atoms with E-state index in [-0.39, 0.29) is 11.2 Å². The summed E-state index contributed by atoms with van der Waals surface area (Å²) in [5.74, 6) is 2.92. The molecule has 3 heteroatoms. The van der Waals surface area contributed by atoms with Crippen molar-refractivity contribution in [3.05, 3.63) is 11.1 Å². The van der Waals surface area contributed by atoms with Crippen molar-refractivity contribution in [1.82, 2.24) is 0 Å². The van der Waals surface area contributed by atoms with Crippen LogP contribution in [-0.4, -0.2) is 24.8 Å². The van der Waals surface area contributed by atoms with Crippen molar-refractivity contribution in [3.8, 4) is 0 Å². The third kappa shape index (κ3) is 2.34. The molecule has 0 aromatic rings. The smallest absolute Gasteiger partial charge is 0.168 e. The van der Waals surface area contributed by atoms with Gasteiger partial charge in [-0.15, -0.1) is 0 Å². The molecule has 0 radical (unpaired) electrons. The molecular weight excluding hydrogens is 300 g/mol. The van der Waals surface area contributed by atoms with Gasteiger partial charge in [0.2, 0.25) is 0 Å². The number of hydrogen-bond donors (Lipinski definition) is 0. The molecule has 0 unspecified atom stereocenters. The lowest BCUT2D eigenvalue weighted by atomic mass is 9.81. The first kappa shape index (κ1) is 15.6. The largest absolute Gasteiger partial charge is 0.349 e. The van der Waals surface area contributed by atoms with Crippen LogP contribution in [0.1, 0.15) is 65.2 Å². The quantitative estimate of drug-likeness (QED) is 0.623. The third-order valence-corrected chi connectivity index (χ3v) is 7.64. The zero-order chi connectivity index (χ0) is 16.5. The molecule has 4 aliphatic carbocycles. The molecule has 0 aromatic heterocycles. The number of fused-ring (bicyclic) bond motifs is 5. The number of allylic oxidation sites excluding steroid dienone is 2. The van der Waals surface area contributed by atoms with Crippen molar-refractivity contribution >= 4 is 5.78 Å². The van der Waals surface area contributed by atoms with E-state index in [2.05, 4.69) is 13.8 Å². The van der Waals surface area contributed by atoms with Gasteiger partial charge in [0, 0.05) is 30.6 Å². The van der Waals surface area contributed by atoms with Crippen LogP contribution < -0.4 is 0 Å². The summed E-state index contributed by atoms with van der Waals surface area (Å²) in [5, 5.41) is 0. The summed E-state index contributed by atoms with van der Waals surface area (Å²) in [6.07, 6.45) is 8.90. The van der Waals surface area contributed by atoms with Gasteiger partial charge in [-0.2, -0.15) is 0 Å². The summed E-state index contributed by atoms with van der Waals surface area (Å²) in [5.41, 5.74) is 3.54. The SMILES string of the molecule is CC1(C)COC2(CCC(=C3C[C@@H]4[C@H]5CC(=O)[C@H](C5)[C@@H]4C3)CC2)OC1. The van der Waals surface area contributed by atoms with Crippen LogP contribution in [0.5, 0.6) is 0 Å². The highest BCUT2D eigenvalue weighted by atomic mass is 16.7. The first-order valence-electron chi connectivity index (χ1n) is 9.95. The Hall–Kier alpha value is -0.670. The van der Waals surface area contributed by atoms with Crippen LogP contribution in [0, 0.1) is 29.1 Å². The molecule has 1 aliphatic heterocycles. The summed E-state index contributed by atoms with van der Waals surface area (Å²) in [6, 6.07) is 0. The minimum absolute atomic E-state index is 0.151. The van der Waals surface area contributed by atoms with Crippen LogP contribution in [-0.2, 0) is 14.3 Å². The highest BCUT2D eigenvalue weighted by molar-refractivity contribution is 5.85. The van der Waals surface area contributed by atoms with Crippen LogP contribution in [0.4, 0.5) is 0 Å². The van der Waals surface area contributed by atoms with E-state index in [1.807, 2.05) is 0 Å². The number of carbonyl (C=O) groups excluding carboxylic acids is 1. The number of carbonyl (C=O) groups is 1. The standard InChI is InChI=1S/C21H30O3/c1-20(2)11-23-21(24-12-20)5-3-13(4-6-21)14-7-16-15-9-18(17(16)8-14)19(22)10-15/h15-18H,3-12H2,1-2H3/t15-,16-,17-,18-/m1/s1. The van der Waals surface area contributed by atoms with Crippen LogP contribution in [0.15, 0.2) is 11.1 Å². The lowest BCUT2D eigenvalue weighted by Crippen LogP contribution is -2.48. The van der Waals surface area contributed by atoms with Gasteiger partial charge in [0.05, 0.1) is 13.2 Å². The van der Waals surface area contributed by atoms with Crippen molar-refractivity contribution in [2.24, 2.45) is 29.1 Å². The van der Waals surface area contributed by atoms with Crippen molar-refractivity contribution in [1.29, 1.82) is 0 Å². The Morgan fingerprint density at radius 3 is 2.29 bits per heavy atom. The van der Waals surface area contributed by atoms with E-state index in [0.717, 1.165) is 51.2 Å². The van der Waals surface area contributed by atoms with Gasteiger partial charge in [0.15, 0.2) is 5.79 Å². The second-order valence-electron chi connectivity index (χ2n) is 9.87. The first-order chi connectivity index (χ1) is 11.4. The minimum Gasteiger partial charge on any atom is -0.349 e. The highest BCUT2D eigenvalue weighted by Crippen LogP contribution is 2.59. The molecule has 5 rings (SSSR count). The molecule has 24 heavy (non-hydrogen) atoms. The maximum Gasteiger partial charge on any atom is 0.168 e. The molecule has 0 N–H and O–H groups in total. The fourth-order valence-corrected chi connectivity index (χ4v) is 6.20. The molecule has 5 aliphatic rings. The summed E-state index contributed by atoms with van der Waals surface area (Å²) in [6.45, 7) is 6.05. The minimum atomic E-state index is -0.303. The zero-order valence-corrected chi connectivity index (χ0v) is 15.1. The second-order valence-corrected chi connectivity index (χ2v) is 9.87. The third-order valence-electron chi connectivity index (χ3n) is 7.64. The van der Waals surface area contributed by atoms with Crippen molar-refractivity contribution < 1.29 is 14.3 Å². The lowest BCUT2D eigenvalue weighted by molar-refractivity contribution is -0.307. The number of ketones is 1. The monoisotopic (exact) mass is 330 g/mol. The average Bonchev–Trinajstić information content (AvgIpc) is 3.22. The van der Waals surface area contributed by atoms with E-state index < -0.39 is 0 Å². The highest BCUT2D eigenvalue weighted by Gasteiger charge is 2.55. The number of Topliss-reactive ketones (excluding diaryl/α,β-unsaturated/α-hetero) is 1. The van der Waals surface area contributed by atoms with Gasteiger partial charge in [0.1, 0.15) is 5.78 Å². The maximum atomic E-state index is 12.1. The normalized spacial score (nSPS) is 42.8. The van der Waals surface area contributed by atoms with Gasteiger partial charge in [-0.3, -0.25) is 4.79 Å². The average molecular weight is 330 g/mol. The Balaban J connectivity index is 1.26. The number of hydrogen-bond acceptors (Lipinski definition) is 3. The Morgan fingerprint density at radius 1 is 0.917 bits per heavy atom. The first-order valence-corrected chi connectivity index (χ1v) is 9.95. The molecule has 0 amide bonds. The van der Waals surface area contributed by atoms with Gasteiger partial charge in [-0.1, -0.05) is 25.0 Å². The molecule has 5 fully saturated rings. The predicted molar refractivity (Wildman–Crippen MR) is 91.3 cm³/mol. The topological polar surface area (TPSA) is 35.5 Å². The molecule has 1 heterocycles. The molecule has 4 saturated carbocycles. The number of rotatable bonds is 0. The van der Waals surface area contributed by atoms with E-state index in [1.165, 1.54) is 19.3 Å². The Labute approximate surface area is 145 Å². The molecule has 4 atom stereocenters. The Morgan fingerprint density at radius 2 is 1.58 bits per heavy atom. The van der Waals surface area contributed by atoms with E-state index >= 15 is 0 Å². The molecule has 2 bridgehead atoms. The predicted octanol–water partition coefficient (Wildman–Crippen LogP) is 4.26. The molecule has 3 nitrogen and oxygen atoms in total. The van der Waals surface area contributed by atoms with Crippen molar-refractivity contribution in [3.63, 3.8) is 0 Å². The van der Waals surface area contributed by atoms with Gasteiger partial charge in [-0.05, 0) is 49.9 Å². The fourth-order valence-electron chi connectivity index (χ4n) is 6.20. The molecule has 132 valence electrons. The van der Waals surface area contributed by atoms with E-state index in [0.29, 0.717) is 23.5 Å². The fraction of sp³-hybridized carbons (Fsp3) is 0.857. The van der Waals surface area contributed by atoms with Gasteiger partial charge < -0.3 is 9.47 Å². The van der Waals surface area contributed by atoms with Crippen LogP contribution in [0.25, 0.3) is 0 Å².